The van der Waals surface area contributed by atoms with Gasteiger partial charge in [0.2, 0.25) is 5.91 Å². The Hall–Kier alpha value is -2.49. The van der Waals surface area contributed by atoms with Gasteiger partial charge < -0.3 is 14.4 Å². The highest BCUT2D eigenvalue weighted by molar-refractivity contribution is 5.93. The highest BCUT2D eigenvalue weighted by atomic mass is 16.5. The Bertz CT molecular complexity index is 788. The molecule has 0 saturated heterocycles. The number of nitrogens with zero attached hydrogens (tertiary/aromatic N) is 1. The van der Waals surface area contributed by atoms with Crippen LogP contribution in [0.1, 0.15) is 63.6 Å². The number of aryl methyl sites for hydroxylation is 2. The third kappa shape index (κ3) is 5.28. The molecule has 4 heteroatoms. The first-order valence-electron chi connectivity index (χ1n) is 9.52. The number of methoxy groups -OCH3 is 1. The average molecular weight is 386 g/mol. The van der Waals surface area contributed by atoms with Gasteiger partial charge in [-0.15, -0.1) is 0 Å². The van der Waals surface area contributed by atoms with E-state index in [1.165, 1.54) is 0 Å². The Morgan fingerprint density at radius 2 is 1.71 bits per heavy atom. The lowest BCUT2D eigenvalue weighted by atomic mass is 10.0. The molecule has 0 aliphatic heterocycles. The van der Waals surface area contributed by atoms with E-state index in [4.69, 9.17) is 9.47 Å². The van der Waals surface area contributed by atoms with E-state index >= 15 is 0 Å². The number of amides is 1. The molecular formula is C24H35NO3. The van der Waals surface area contributed by atoms with Crippen LogP contribution in [0.3, 0.4) is 0 Å². The highest BCUT2D eigenvalue weighted by Gasteiger charge is 2.15. The van der Waals surface area contributed by atoms with E-state index in [2.05, 4.69) is 13.8 Å². The summed E-state index contributed by atoms with van der Waals surface area (Å²) in [6.07, 6.45) is 1.40. The minimum absolute atomic E-state index is 0. The van der Waals surface area contributed by atoms with Gasteiger partial charge in [-0.1, -0.05) is 28.2 Å². The Balaban J connectivity index is 0.00000392. The molecule has 2 rings (SSSR count). The van der Waals surface area contributed by atoms with Gasteiger partial charge in [-0.3, -0.25) is 4.79 Å². The largest absolute Gasteiger partial charge is 0.496 e. The number of carbonyl (C=O) groups excluding carboxylic acids is 1. The minimum atomic E-state index is 0. The second kappa shape index (κ2) is 10.2. The molecule has 154 valence electrons. The third-order valence-electron chi connectivity index (χ3n) is 4.71. The fourth-order valence-electron chi connectivity index (χ4n) is 3.15. The summed E-state index contributed by atoms with van der Waals surface area (Å²) in [4.78, 5) is 13.9. The number of hydrogen-bond donors (Lipinski definition) is 0. The molecule has 0 aliphatic carbocycles. The van der Waals surface area contributed by atoms with Crippen LogP contribution in [-0.2, 0) is 4.79 Å². The normalized spacial score (nSPS) is 10.4. The molecule has 0 N–H and O–H groups in total. The van der Waals surface area contributed by atoms with E-state index < -0.39 is 0 Å². The van der Waals surface area contributed by atoms with E-state index in [1.807, 2.05) is 58.2 Å². The van der Waals surface area contributed by atoms with Crippen molar-refractivity contribution in [1.29, 1.82) is 0 Å². The van der Waals surface area contributed by atoms with E-state index in [9.17, 15) is 4.79 Å². The van der Waals surface area contributed by atoms with Gasteiger partial charge >= 0.3 is 0 Å². The summed E-state index contributed by atoms with van der Waals surface area (Å²) < 4.78 is 11.7. The first kappa shape index (κ1) is 23.5. The second-order valence-corrected chi connectivity index (χ2v) is 7.27. The summed E-state index contributed by atoms with van der Waals surface area (Å²) in [6.45, 7) is 10.3. The standard InChI is InChI=1S/C23H31NO3.CH4/c1-8-9-22(25)24(6)18-12-16(4)23(17(5)13-18)27-19-10-11-21(26-7)20(14-19)15(2)3;/h10-15H,8-9H2,1-7H3;1H4. The maximum absolute atomic E-state index is 12.2. The van der Waals surface area contributed by atoms with Gasteiger partial charge in [0.25, 0.3) is 0 Å². The summed E-state index contributed by atoms with van der Waals surface area (Å²) in [5.74, 6) is 2.95. The van der Waals surface area contributed by atoms with Crippen LogP contribution < -0.4 is 14.4 Å². The van der Waals surface area contributed by atoms with Crippen LogP contribution >= 0.6 is 0 Å². The van der Waals surface area contributed by atoms with Crippen LogP contribution in [0.25, 0.3) is 0 Å². The molecule has 1 amide bonds. The van der Waals surface area contributed by atoms with Crippen molar-refractivity contribution in [3.05, 3.63) is 47.0 Å². The minimum Gasteiger partial charge on any atom is -0.496 e. The van der Waals surface area contributed by atoms with Crippen LogP contribution in [0.15, 0.2) is 30.3 Å². The van der Waals surface area contributed by atoms with Gasteiger partial charge in [0, 0.05) is 24.7 Å². The number of hydrogen-bond acceptors (Lipinski definition) is 3. The van der Waals surface area contributed by atoms with Crippen LogP contribution in [0, 0.1) is 13.8 Å². The van der Waals surface area contributed by atoms with Crippen LogP contribution in [0.5, 0.6) is 17.2 Å². The number of ether oxygens (including phenoxy) is 2. The van der Waals surface area contributed by atoms with Crippen LogP contribution in [0.2, 0.25) is 0 Å². The molecule has 0 aliphatic rings. The van der Waals surface area contributed by atoms with Crippen molar-refractivity contribution in [1.82, 2.24) is 0 Å². The summed E-state index contributed by atoms with van der Waals surface area (Å²) in [5, 5.41) is 0. The first-order chi connectivity index (χ1) is 12.8. The fourth-order valence-corrected chi connectivity index (χ4v) is 3.15. The molecule has 0 radical (unpaired) electrons. The van der Waals surface area contributed by atoms with Gasteiger partial charge in [0.1, 0.15) is 17.2 Å². The SMILES string of the molecule is C.CCCC(=O)N(C)c1cc(C)c(Oc2ccc(OC)c(C(C)C)c2)c(C)c1. The van der Waals surface area contributed by atoms with Crippen molar-refractivity contribution in [2.24, 2.45) is 0 Å². The van der Waals surface area contributed by atoms with E-state index in [0.717, 1.165) is 46.0 Å². The van der Waals surface area contributed by atoms with Crippen molar-refractivity contribution < 1.29 is 14.3 Å². The number of anilines is 1. The molecule has 0 spiro atoms. The zero-order valence-corrected chi connectivity index (χ0v) is 17.6. The maximum Gasteiger partial charge on any atom is 0.226 e. The van der Waals surface area contributed by atoms with Crippen molar-refractivity contribution in [2.45, 2.75) is 60.8 Å². The maximum atomic E-state index is 12.2. The lowest BCUT2D eigenvalue weighted by Crippen LogP contribution is -2.25. The molecule has 0 unspecified atom stereocenters. The lowest BCUT2D eigenvalue weighted by Gasteiger charge is -2.21. The summed E-state index contributed by atoms with van der Waals surface area (Å²) in [5.41, 5.74) is 4.02. The van der Waals surface area contributed by atoms with Crippen molar-refractivity contribution in [2.75, 3.05) is 19.1 Å². The summed E-state index contributed by atoms with van der Waals surface area (Å²) in [7, 11) is 3.51. The zero-order chi connectivity index (χ0) is 20.1. The van der Waals surface area contributed by atoms with Crippen LogP contribution in [0.4, 0.5) is 5.69 Å². The summed E-state index contributed by atoms with van der Waals surface area (Å²) >= 11 is 0. The Morgan fingerprint density at radius 1 is 1.11 bits per heavy atom. The molecular weight excluding hydrogens is 350 g/mol. The van der Waals surface area contributed by atoms with Crippen molar-refractivity contribution in [3.8, 4) is 17.2 Å². The zero-order valence-electron chi connectivity index (χ0n) is 17.6. The van der Waals surface area contributed by atoms with Gasteiger partial charge in [-0.05, 0) is 67.6 Å². The molecule has 2 aromatic carbocycles. The third-order valence-corrected chi connectivity index (χ3v) is 4.71. The fraction of sp³-hybridized carbons (Fsp3) is 0.458. The van der Waals surface area contributed by atoms with Crippen molar-refractivity contribution in [3.63, 3.8) is 0 Å². The van der Waals surface area contributed by atoms with E-state index in [0.29, 0.717) is 12.3 Å². The molecule has 0 atom stereocenters. The highest BCUT2D eigenvalue weighted by Crippen LogP contribution is 2.36. The molecule has 0 saturated carbocycles. The second-order valence-electron chi connectivity index (χ2n) is 7.27. The first-order valence-corrected chi connectivity index (χ1v) is 9.52. The molecule has 0 fully saturated rings. The predicted octanol–water partition coefficient (Wildman–Crippen LogP) is 6.63. The Morgan fingerprint density at radius 3 is 2.21 bits per heavy atom. The molecule has 0 aromatic heterocycles. The van der Waals surface area contributed by atoms with Crippen LogP contribution in [-0.4, -0.2) is 20.1 Å². The molecule has 28 heavy (non-hydrogen) atoms. The van der Waals surface area contributed by atoms with Gasteiger partial charge in [0.15, 0.2) is 0 Å². The topological polar surface area (TPSA) is 38.8 Å². The Kier molecular flexibility index (Phi) is 8.55. The Labute approximate surface area is 170 Å². The molecule has 0 heterocycles. The number of carbonyl (C=O) groups is 1. The van der Waals surface area contributed by atoms with Gasteiger partial charge in [-0.2, -0.15) is 0 Å². The quantitative estimate of drug-likeness (QED) is 0.537. The average Bonchev–Trinajstić information content (AvgIpc) is 2.63. The monoisotopic (exact) mass is 385 g/mol. The molecule has 4 nitrogen and oxygen atoms in total. The van der Waals surface area contributed by atoms with E-state index in [1.54, 1.807) is 12.0 Å². The van der Waals surface area contributed by atoms with E-state index in [-0.39, 0.29) is 13.3 Å². The summed E-state index contributed by atoms with van der Waals surface area (Å²) in [6, 6.07) is 9.91. The predicted molar refractivity (Wildman–Crippen MR) is 118 cm³/mol. The molecule has 0 bridgehead atoms. The lowest BCUT2D eigenvalue weighted by molar-refractivity contribution is -0.118. The number of benzene rings is 2. The number of rotatable bonds is 7. The van der Waals surface area contributed by atoms with Gasteiger partial charge in [-0.25, -0.2) is 0 Å². The van der Waals surface area contributed by atoms with Gasteiger partial charge in [0.05, 0.1) is 7.11 Å². The van der Waals surface area contributed by atoms with Crippen molar-refractivity contribution >= 4 is 11.6 Å². The molecule has 2 aromatic rings. The smallest absolute Gasteiger partial charge is 0.226 e.